The predicted octanol–water partition coefficient (Wildman–Crippen LogP) is 2.51. The Morgan fingerprint density at radius 1 is 1.14 bits per heavy atom. The van der Waals surface area contributed by atoms with Gasteiger partial charge in [0.2, 0.25) is 0 Å². The monoisotopic (exact) mass is 287 g/mol. The van der Waals surface area contributed by atoms with E-state index in [0.717, 1.165) is 6.54 Å². The quantitative estimate of drug-likeness (QED) is 0.598. The SMILES string of the molecule is CCOC(=O)COCCNCc1cccc2ccccc12. The van der Waals surface area contributed by atoms with Gasteiger partial charge in [0.25, 0.3) is 0 Å². The standard InChI is InChI=1S/C17H21NO3/c1-2-21-17(19)13-20-11-10-18-12-15-8-5-7-14-6-3-4-9-16(14)15/h3-9,18H,2,10-13H2,1H3. The second-order valence-electron chi connectivity index (χ2n) is 4.67. The molecule has 21 heavy (non-hydrogen) atoms. The van der Waals surface area contributed by atoms with E-state index >= 15 is 0 Å². The lowest BCUT2D eigenvalue weighted by Crippen LogP contribution is -2.21. The van der Waals surface area contributed by atoms with E-state index in [2.05, 4.69) is 35.6 Å². The summed E-state index contributed by atoms with van der Waals surface area (Å²) in [6, 6.07) is 14.6. The number of fused-ring (bicyclic) bond motifs is 1. The highest BCUT2D eigenvalue weighted by molar-refractivity contribution is 5.85. The average molecular weight is 287 g/mol. The first-order valence-corrected chi connectivity index (χ1v) is 7.22. The van der Waals surface area contributed by atoms with E-state index in [1.54, 1.807) is 6.92 Å². The zero-order valence-corrected chi connectivity index (χ0v) is 12.3. The minimum atomic E-state index is -0.313. The summed E-state index contributed by atoms with van der Waals surface area (Å²) in [5.74, 6) is -0.313. The fraction of sp³-hybridized carbons (Fsp3) is 0.353. The van der Waals surface area contributed by atoms with Crippen molar-refractivity contribution in [1.82, 2.24) is 5.32 Å². The van der Waals surface area contributed by atoms with Crippen molar-refractivity contribution in [2.45, 2.75) is 13.5 Å². The highest BCUT2D eigenvalue weighted by Crippen LogP contribution is 2.17. The number of hydrogen-bond donors (Lipinski definition) is 1. The van der Waals surface area contributed by atoms with Crippen LogP contribution < -0.4 is 5.32 Å². The van der Waals surface area contributed by atoms with E-state index in [9.17, 15) is 4.79 Å². The summed E-state index contributed by atoms with van der Waals surface area (Å²) < 4.78 is 10.0. The lowest BCUT2D eigenvalue weighted by Gasteiger charge is -2.08. The molecule has 112 valence electrons. The molecule has 0 unspecified atom stereocenters. The Hall–Kier alpha value is -1.91. The van der Waals surface area contributed by atoms with Gasteiger partial charge in [0.05, 0.1) is 13.2 Å². The lowest BCUT2D eigenvalue weighted by atomic mass is 10.0. The van der Waals surface area contributed by atoms with Crippen LogP contribution in [0.25, 0.3) is 10.8 Å². The molecule has 0 saturated heterocycles. The molecule has 0 spiro atoms. The van der Waals surface area contributed by atoms with Crippen LogP contribution in [0.5, 0.6) is 0 Å². The van der Waals surface area contributed by atoms with Gasteiger partial charge in [0.15, 0.2) is 0 Å². The summed E-state index contributed by atoms with van der Waals surface area (Å²) >= 11 is 0. The maximum atomic E-state index is 11.1. The van der Waals surface area contributed by atoms with E-state index in [4.69, 9.17) is 9.47 Å². The Bertz CT molecular complexity index is 578. The van der Waals surface area contributed by atoms with Crippen molar-refractivity contribution < 1.29 is 14.3 Å². The van der Waals surface area contributed by atoms with E-state index in [-0.39, 0.29) is 12.6 Å². The summed E-state index contributed by atoms with van der Waals surface area (Å²) in [7, 11) is 0. The molecule has 2 aromatic carbocycles. The van der Waals surface area contributed by atoms with Gasteiger partial charge in [-0.3, -0.25) is 0 Å². The number of carbonyl (C=O) groups excluding carboxylic acids is 1. The topological polar surface area (TPSA) is 47.6 Å². The molecule has 0 bridgehead atoms. The first-order chi connectivity index (χ1) is 10.3. The van der Waals surface area contributed by atoms with E-state index < -0.39 is 0 Å². The van der Waals surface area contributed by atoms with E-state index in [0.29, 0.717) is 19.8 Å². The molecule has 1 N–H and O–H groups in total. The number of benzene rings is 2. The summed E-state index contributed by atoms with van der Waals surface area (Å²) in [4.78, 5) is 11.1. The zero-order chi connectivity index (χ0) is 14.9. The van der Waals surface area contributed by atoms with Crippen molar-refractivity contribution in [3.8, 4) is 0 Å². The van der Waals surface area contributed by atoms with Crippen LogP contribution in [-0.2, 0) is 20.8 Å². The number of nitrogens with one attached hydrogen (secondary N) is 1. The van der Waals surface area contributed by atoms with Gasteiger partial charge in [-0.2, -0.15) is 0 Å². The van der Waals surface area contributed by atoms with Crippen molar-refractivity contribution in [3.05, 3.63) is 48.0 Å². The minimum absolute atomic E-state index is 0.0176. The van der Waals surface area contributed by atoms with Crippen LogP contribution in [0.3, 0.4) is 0 Å². The largest absolute Gasteiger partial charge is 0.464 e. The second-order valence-corrected chi connectivity index (χ2v) is 4.67. The molecular formula is C17H21NO3. The number of ether oxygens (including phenoxy) is 2. The lowest BCUT2D eigenvalue weighted by molar-refractivity contribution is -0.148. The number of carbonyl (C=O) groups is 1. The molecule has 0 aliphatic rings. The van der Waals surface area contributed by atoms with Gasteiger partial charge in [0, 0.05) is 13.1 Å². The Morgan fingerprint density at radius 3 is 2.81 bits per heavy atom. The van der Waals surface area contributed by atoms with Crippen molar-refractivity contribution in [2.75, 3.05) is 26.4 Å². The summed E-state index contributed by atoms with van der Waals surface area (Å²) in [5, 5.41) is 5.83. The molecule has 4 heteroatoms. The fourth-order valence-corrected chi connectivity index (χ4v) is 2.17. The molecule has 0 fully saturated rings. The number of hydrogen-bond acceptors (Lipinski definition) is 4. The van der Waals surface area contributed by atoms with Crippen molar-refractivity contribution in [2.24, 2.45) is 0 Å². The second kappa shape index (κ2) is 8.39. The van der Waals surface area contributed by atoms with Crippen LogP contribution >= 0.6 is 0 Å². The summed E-state index contributed by atoms with van der Waals surface area (Å²) in [5.41, 5.74) is 1.26. The van der Waals surface area contributed by atoms with Crippen LogP contribution in [0.2, 0.25) is 0 Å². The molecule has 2 rings (SSSR count). The van der Waals surface area contributed by atoms with Crippen LogP contribution in [-0.4, -0.2) is 32.3 Å². The molecule has 0 atom stereocenters. The van der Waals surface area contributed by atoms with Gasteiger partial charge in [-0.15, -0.1) is 0 Å². The minimum Gasteiger partial charge on any atom is -0.464 e. The zero-order valence-electron chi connectivity index (χ0n) is 12.3. The highest BCUT2D eigenvalue weighted by atomic mass is 16.6. The van der Waals surface area contributed by atoms with Gasteiger partial charge in [-0.05, 0) is 23.3 Å². The Labute approximate surface area is 125 Å². The molecule has 0 aromatic heterocycles. The molecule has 0 radical (unpaired) electrons. The van der Waals surface area contributed by atoms with Gasteiger partial charge < -0.3 is 14.8 Å². The molecular weight excluding hydrogens is 266 g/mol. The number of esters is 1. The van der Waals surface area contributed by atoms with Gasteiger partial charge in [-0.1, -0.05) is 42.5 Å². The average Bonchev–Trinajstić information content (AvgIpc) is 2.51. The summed E-state index contributed by atoms with van der Waals surface area (Å²) in [6.07, 6.45) is 0. The number of rotatable bonds is 8. The third-order valence-electron chi connectivity index (χ3n) is 3.14. The Balaban J connectivity index is 1.72. The van der Waals surface area contributed by atoms with Crippen molar-refractivity contribution in [1.29, 1.82) is 0 Å². The molecule has 0 saturated carbocycles. The molecule has 4 nitrogen and oxygen atoms in total. The Morgan fingerprint density at radius 2 is 1.95 bits per heavy atom. The van der Waals surface area contributed by atoms with E-state index in [1.165, 1.54) is 16.3 Å². The van der Waals surface area contributed by atoms with Crippen molar-refractivity contribution >= 4 is 16.7 Å². The normalized spacial score (nSPS) is 10.7. The van der Waals surface area contributed by atoms with Crippen LogP contribution in [0, 0.1) is 0 Å². The summed E-state index contributed by atoms with van der Waals surface area (Å²) in [6.45, 7) is 4.16. The molecule has 0 aliphatic carbocycles. The molecule has 2 aromatic rings. The molecule has 0 aliphatic heterocycles. The third kappa shape index (κ3) is 4.85. The fourth-order valence-electron chi connectivity index (χ4n) is 2.17. The third-order valence-corrected chi connectivity index (χ3v) is 3.14. The molecule has 0 amide bonds. The van der Waals surface area contributed by atoms with Gasteiger partial charge in [-0.25, -0.2) is 4.79 Å². The van der Waals surface area contributed by atoms with Crippen LogP contribution in [0.15, 0.2) is 42.5 Å². The highest BCUT2D eigenvalue weighted by Gasteiger charge is 2.01. The van der Waals surface area contributed by atoms with Crippen LogP contribution in [0.1, 0.15) is 12.5 Å². The first-order valence-electron chi connectivity index (χ1n) is 7.22. The first kappa shape index (κ1) is 15.5. The maximum absolute atomic E-state index is 11.1. The maximum Gasteiger partial charge on any atom is 0.332 e. The predicted molar refractivity (Wildman–Crippen MR) is 83.1 cm³/mol. The van der Waals surface area contributed by atoms with Crippen LogP contribution in [0.4, 0.5) is 0 Å². The van der Waals surface area contributed by atoms with E-state index in [1.807, 2.05) is 12.1 Å². The van der Waals surface area contributed by atoms with Crippen molar-refractivity contribution in [3.63, 3.8) is 0 Å². The molecule has 0 heterocycles. The smallest absolute Gasteiger partial charge is 0.332 e. The van der Waals surface area contributed by atoms with Gasteiger partial charge in [0.1, 0.15) is 6.61 Å². The Kier molecular flexibility index (Phi) is 6.19. The van der Waals surface area contributed by atoms with Gasteiger partial charge >= 0.3 is 5.97 Å².